The van der Waals surface area contributed by atoms with Gasteiger partial charge in [0.25, 0.3) is 0 Å². The van der Waals surface area contributed by atoms with Crippen LogP contribution in [0.15, 0.2) is 70.2 Å². The summed E-state index contributed by atoms with van der Waals surface area (Å²) in [6.45, 7) is 2.32. The van der Waals surface area contributed by atoms with Crippen molar-refractivity contribution >= 4 is 39.6 Å². The van der Waals surface area contributed by atoms with E-state index in [0.29, 0.717) is 28.1 Å². The molecule has 188 valence electrons. The molecule has 0 aromatic heterocycles. The number of ether oxygens (including phenoxy) is 2. The van der Waals surface area contributed by atoms with Crippen LogP contribution in [0.1, 0.15) is 22.3 Å². The van der Waals surface area contributed by atoms with Crippen molar-refractivity contribution in [3.8, 4) is 11.5 Å². The number of hydrogen-bond donors (Lipinski definition) is 2. The van der Waals surface area contributed by atoms with Gasteiger partial charge in [0.1, 0.15) is 6.61 Å². The van der Waals surface area contributed by atoms with Crippen LogP contribution in [0.3, 0.4) is 0 Å². The molecule has 3 rings (SSSR count). The average molecular weight is 564 g/mol. The predicted molar refractivity (Wildman–Crippen MR) is 132 cm³/mol. The van der Waals surface area contributed by atoms with Crippen LogP contribution < -0.4 is 20.2 Å². The van der Waals surface area contributed by atoms with Gasteiger partial charge in [0.2, 0.25) is 0 Å². The molecule has 0 aliphatic heterocycles. The molecule has 0 heterocycles. The maximum absolute atomic E-state index is 12.6. The number of halogens is 4. The molecule has 0 bridgehead atoms. The van der Waals surface area contributed by atoms with Crippen LogP contribution in [0.2, 0.25) is 0 Å². The topological polar surface area (TPSA) is 89.0 Å². The van der Waals surface area contributed by atoms with E-state index < -0.39 is 23.6 Å². The number of carbonyl (C=O) groups excluding carboxylic acids is 2. The molecule has 11 heteroatoms. The molecule has 3 aromatic carbocycles. The molecule has 2 N–H and O–H groups in total. The highest BCUT2D eigenvalue weighted by molar-refractivity contribution is 9.10. The minimum atomic E-state index is -4.50. The number of alkyl halides is 3. The first kappa shape index (κ1) is 26.7. The standard InChI is InChI=1S/C25H21BrF3N3O4/c1-15-5-3-4-6-17(15)14-36-22-20(26)11-16(12-21(22)35-2)13-30-32-24(34)23(33)31-19-9-7-18(8-10-19)25(27,28)29/h3-13H,14H2,1-2H3,(H,31,33)(H,32,34). The number of rotatable bonds is 7. The SMILES string of the molecule is COc1cc(C=NNC(=O)C(=O)Nc2ccc(C(F)(F)F)cc2)cc(Br)c1OCc1ccccc1C. The summed E-state index contributed by atoms with van der Waals surface area (Å²) in [7, 11) is 1.48. The Bertz CT molecular complexity index is 1280. The first-order valence-electron chi connectivity index (χ1n) is 10.4. The minimum Gasteiger partial charge on any atom is -0.493 e. The zero-order chi connectivity index (χ0) is 26.3. The van der Waals surface area contributed by atoms with E-state index >= 15 is 0 Å². The van der Waals surface area contributed by atoms with Gasteiger partial charge in [-0.25, -0.2) is 5.43 Å². The molecule has 0 atom stereocenters. The van der Waals surface area contributed by atoms with Crippen molar-refractivity contribution in [2.75, 3.05) is 12.4 Å². The number of aryl methyl sites for hydroxylation is 1. The molecule has 0 fully saturated rings. The second-order valence-corrected chi connectivity index (χ2v) is 8.33. The van der Waals surface area contributed by atoms with Crippen molar-refractivity contribution in [3.63, 3.8) is 0 Å². The summed E-state index contributed by atoms with van der Waals surface area (Å²) in [5.74, 6) is -1.29. The molecule has 0 unspecified atom stereocenters. The Kier molecular flexibility index (Phi) is 8.70. The van der Waals surface area contributed by atoms with Gasteiger partial charge in [-0.15, -0.1) is 0 Å². The summed E-state index contributed by atoms with van der Waals surface area (Å²) in [5.41, 5.74) is 3.87. The highest BCUT2D eigenvalue weighted by Gasteiger charge is 2.30. The van der Waals surface area contributed by atoms with Gasteiger partial charge in [0, 0.05) is 5.69 Å². The van der Waals surface area contributed by atoms with Gasteiger partial charge < -0.3 is 14.8 Å². The predicted octanol–water partition coefficient (Wildman–Crippen LogP) is 5.45. The molecule has 3 aromatic rings. The molecule has 7 nitrogen and oxygen atoms in total. The van der Waals surface area contributed by atoms with Crippen molar-refractivity contribution in [2.24, 2.45) is 5.10 Å². The fourth-order valence-corrected chi connectivity index (χ4v) is 3.60. The van der Waals surface area contributed by atoms with Crippen molar-refractivity contribution in [1.82, 2.24) is 5.43 Å². The molecule has 2 amide bonds. The molecule has 0 saturated carbocycles. The maximum atomic E-state index is 12.6. The number of nitrogens with zero attached hydrogens (tertiary/aromatic N) is 1. The summed E-state index contributed by atoms with van der Waals surface area (Å²) in [6.07, 6.45) is -3.21. The fraction of sp³-hybridized carbons (Fsp3) is 0.160. The lowest BCUT2D eigenvalue weighted by Crippen LogP contribution is -2.32. The summed E-state index contributed by atoms with van der Waals surface area (Å²) >= 11 is 3.44. The smallest absolute Gasteiger partial charge is 0.416 e. The highest BCUT2D eigenvalue weighted by atomic mass is 79.9. The first-order chi connectivity index (χ1) is 17.1. The lowest BCUT2D eigenvalue weighted by molar-refractivity contribution is -0.137. The van der Waals surface area contributed by atoms with E-state index in [4.69, 9.17) is 9.47 Å². The van der Waals surface area contributed by atoms with Gasteiger partial charge in [0.15, 0.2) is 11.5 Å². The van der Waals surface area contributed by atoms with Crippen LogP contribution >= 0.6 is 15.9 Å². The molecular weight excluding hydrogens is 543 g/mol. The first-order valence-corrected chi connectivity index (χ1v) is 11.2. The van der Waals surface area contributed by atoms with Gasteiger partial charge in [-0.3, -0.25) is 9.59 Å². The Morgan fingerprint density at radius 3 is 2.39 bits per heavy atom. The van der Waals surface area contributed by atoms with E-state index in [1.165, 1.54) is 13.3 Å². The number of methoxy groups -OCH3 is 1. The second-order valence-electron chi connectivity index (χ2n) is 7.48. The molecule has 0 aliphatic rings. The van der Waals surface area contributed by atoms with E-state index in [0.717, 1.165) is 35.4 Å². The van der Waals surface area contributed by atoms with Crippen LogP contribution in [0.25, 0.3) is 0 Å². The van der Waals surface area contributed by atoms with Crippen LogP contribution in [-0.2, 0) is 22.4 Å². The summed E-state index contributed by atoms with van der Waals surface area (Å²) < 4.78 is 49.8. The van der Waals surface area contributed by atoms with E-state index in [2.05, 4.69) is 31.8 Å². The molecule has 0 aliphatic carbocycles. The lowest BCUT2D eigenvalue weighted by Gasteiger charge is -2.14. The number of carbonyl (C=O) groups is 2. The monoisotopic (exact) mass is 563 g/mol. The zero-order valence-corrected chi connectivity index (χ0v) is 20.7. The normalized spacial score (nSPS) is 11.3. The summed E-state index contributed by atoms with van der Waals surface area (Å²) in [5, 5.41) is 5.95. The van der Waals surface area contributed by atoms with Crippen LogP contribution in [0.4, 0.5) is 18.9 Å². The maximum Gasteiger partial charge on any atom is 0.416 e. The van der Waals surface area contributed by atoms with Crippen molar-refractivity contribution in [2.45, 2.75) is 19.7 Å². The number of hydrazone groups is 1. The van der Waals surface area contributed by atoms with Gasteiger partial charge in [-0.1, -0.05) is 24.3 Å². The Labute approximate surface area is 213 Å². The van der Waals surface area contributed by atoms with Crippen LogP contribution in [0.5, 0.6) is 11.5 Å². The number of hydrogen-bond acceptors (Lipinski definition) is 5. The summed E-state index contributed by atoms with van der Waals surface area (Å²) in [4.78, 5) is 24.0. The summed E-state index contributed by atoms with van der Waals surface area (Å²) in [6, 6.07) is 14.8. The van der Waals surface area contributed by atoms with Crippen molar-refractivity contribution in [1.29, 1.82) is 0 Å². The molecule has 0 radical (unpaired) electrons. The quantitative estimate of drug-likeness (QED) is 0.227. The third-order valence-electron chi connectivity index (χ3n) is 4.94. The van der Waals surface area contributed by atoms with Gasteiger partial charge >= 0.3 is 18.0 Å². The third kappa shape index (κ3) is 7.08. The Balaban J connectivity index is 1.60. The molecular formula is C25H21BrF3N3O4. The van der Waals surface area contributed by atoms with E-state index in [1.54, 1.807) is 12.1 Å². The van der Waals surface area contributed by atoms with Gasteiger partial charge in [0.05, 0.1) is 23.4 Å². The minimum absolute atomic E-state index is 0.0297. The Morgan fingerprint density at radius 1 is 1.06 bits per heavy atom. The van der Waals surface area contributed by atoms with Crippen LogP contribution in [-0.4, -0.2) is 25.1 Å². The van der Waals surface area contributed by atoms with E-state index in [1.807, 2.05) is 31.2 Å². The molecule has 0 saturated heterocycles. The Hall–Kier alpha value is -3.86. The fourth-order valence-electron chi connectivity index (χ4n) is 3.02. The van der Waals surface area contributed by atoms with E-state index in [9.17, 15) is 22.8 Å². The molecule has 0 spiro atoms. The third-order valence-corrected chi connectivity index (χ3v) is 5.53. The largest absolute Gasteiger partial charge is 0.493 e. The number of nitrogens with one attached hydrogen (secondary N) is 2. The van der Waals surface area contributed by atoms with Gasteiger partial charge in [-0.2, -0.15) is 18.3 Å². The van der Waals surface area contributed by atoms with Crippen molar-refractivity contribution < 1.29 is 32.2 Å². The second kappa shape index (κ2) is 11.7. The number of benzene rings is 3. The zero-order valence-electron chi connectivity index (χ0n) is 19.2. The molecule has 36 heavy (non-hydrogen) atoms. The highest BCUT2D eigenvalue weighted by Crippen LogP contribution is 2.37. The van der Waals surface area contributed by atoms with Crippen molar-refractivity contribution in [3.05, 3.63) is 87.4 Å². The number of amides is 2. The van der Waals surface area contributed by atoms with Crippen LogP contribution in [0, 0.1) is 6.92 Å². The van der Waals surface area contributed by atoms with Gasteiger partial charge in [-0.05, 0) is 75.9 Å². The average Bonchev–Trinajstić information content (AvgIpc) is 2.83. The Morgan fingerprint density at radius 2 is 1.75 bits per heavy atom. The van der Waals surface area contributed by atoms with E-state index in [-0.39, 0.29) is 5.69 Å². The number of anilines is 1. The lowest BCUT2D eigenvalue weighted by atomic mass is 10.1.